The molecule has 0 radical (unpaired) electrons. The maximum Gasteiger partial charge on any atom is 0.352 e. The van der Waals surface area contributed by atoms with Crippen LogP contribution in [0.1, 0.15) is 43.0 Å². The van der Waals surface area contributed by atoms with E-state index in [2.05, 4.69) is 5.10 Å². The van der Waals surface area contributed by atoms with E-state index in [0.717, 1.165) is 17.3 Å². The van der Waals surface area contributed by atoms with Gasteiger partial charge in [0.15, 0.2) is 32.7 Å². The number of carboxylic acid groups (broad SMARTS) is 2. The third-order valence-electron chi connectivity index (χ3n) is 6.43. The standard InChI is InChI=1S/C14H13ClO5S.C12H10Cl2N2O4/c1-21(19,20)8-5-6-9(10(15)7-8)14(18)13-11(16)3-2-4-12(13)17;1-12(11(19)20)5-8(10(17)18)15-16(12)9-3-2-6(13)4-7(9)14/h5-7,13H,2-4H2,1H3;2-4H,5H2,1H3,(H,17,18)(H,19,20). The van der Waals surface area contributed by atoms with Crippen LogP contribution in [-0.4, -0.2) is 65.4 Å². The minimum absolute atomic E-state index is 0.00216. The van der Waals surface area contributed by atoms with Gasteiger partial charge in [0.25, 0.3) is 0 Å². The number of Topliss-reactive ketones (excluding diaryl/α,β-unsaturated/α-hetero) is 3. The first-order valence-corrected chi connectivity index (χ1v) is 14.9. The Bertz CT molecular complexity index is 1590. The Kier molecular flexibility index (Phi) is 9.64. The highest BCUT2D eigenvalue weighted by atomic mass is 35.5. The van der Waals surface area contributed by atoms with E-state index in [1.165, 1.54) is 37.3 Å². The number of nitrogens with zero attached hydrogens (tertiary/aromatic N) is 2. The summed E-state index contributed by atoms with van der Waals surface area (Å²) in [4.78, 5) is 58.4. The van der Waals surface area contributed by atoms with Crippen molar-refractivity contribution in [3.63, 3.8) is 0 Å². The van der Waals surface area contributed by atoms with Gasteiger partial charge in [-0.05, 0) is 49.7 Å². The van der Waals surface area contributed by atoms with Crippen LogP contribution in [0.15, 0.2) is 46.4 Å². The van der Waals surface area contributed by atoms with Crippen molar-refractivity contribution in [2.75, 3.05) is 11.3 Å². The van der Waals surface area contributed by atoms with Crippen molar-refractivity contribution in [2.45, 2.75) is 43.0 Å². The summed E-state index contributed by atoms with van der Waals surface area (Å²) in [6.45, 7) is 1.39. The van der Waals surface area contributed by atoms with Crippen molar-refractivity contribution in [3.05, 3.63) is 57.0 Å². The lowest BCUT2D eigenvalue weighted by atomic mass is 9.82. The van der Waals surface area contributed by atoms with Crippen molar-refractivity contribution in [1.82, 2.24) is 0 Å². The molecular weight excluding hydrogens is 623 g/mol. The van der Waals surface area contributed by atoms with E-state index in [9.17, 15) is 37.5 Å². The number of benzene rings is 2. The highest BCUT2D eigenvalue weighted by molar-refractivity contribution is 7.90. The van der Waals surface area contributed by atoms with Crippen LogP contribution in [0.25, 0.3) is 0 Å². The molecule has 1 fully saturated rings. The molecule has 4 rings (SSSR count). The molecular formula is C26H23Cl3N2O9S. The SMILES string of the molecule is CC1(C(=O)O)CC(C(=O)O)=NN1c1ccc(Cl)cc1Cl.CS(=O)(=O)c1ccc(C(=O)C2C(=O)CCCC2=O)c(Cl)c1. The summed E-state index contributed by atoms with van der Waals surface area (Å²) < 4.78 is 22.8. The average Bonchev–Trinajstić information content (AvgIpc) is 3.22. The van der Waals surface area contributed by atoms with E-state index in [0.29, 0.717) is 11.4 Å². The van der Waals surface area contributed by atoms with Gasteiger partial charge in [-0.1, -0.05) is 34.8 Å². The van der Waals surface area contributed by atoms with E-state index in [4.69, 9.17) is 39.9 Å². The molecule has 0 bridgehead atoms. The fourth-order valence-corrected chi connectivity index (χ4v) is 5.68. The fraction of sp³-hybridized carbons (Fsp3) is 0.308. The van der Waals surface area contributed by atoms with Crippen LogP contribution in [0.2, 0.25) is 15.1 Å². The Balaban J connectivity index is 0.000000226. The molecule has 41 heavy (non-hydrogen) atoms. The van der Waals surface area contributed by atoms with E-state index < -0.39 is 50.6 Å². The Hall–Kier alpha value is -3.32. The summed E-state index contributed by atoms with van der Waals surface area (Å²) in [5.74, 6) is -5.22. The second kappa shape index (κ2) is 12.3. The van der Waals surface area contributed by atoms with Crippen molar-refractivity contribution < 1.29 is 42.6 Å². The maximum absolute atomic E-state index is 12.3. The Morgan fingerprint density at radius 3 is 2.07 bits per heavy atom. The second-order valence-electron chi connectivity index (χ2n) is 9.51. The number of aliphatic carboxylic acids is 2. The molecule has 2 aromatic rings. The first-order valence-electron chi connectivity index (χ1n) is 11.9. The van der Waals surface area contributed by atoms with Gasteiger partial charge in [-0.3, -0.25) is 14.4 Å². The Morgan fingerprint density at radius 1 is 0.976 bits per heavy atom. The van der Waals surface area contributed by atoms with Gasteiger partial charge >= 0.3 is 11.9 Å². The normalized spacial score (nSPS) is 19.3. The van der Waals surface area contributed by atoms with Gasteiger partial charge in [0, 0.05) is 36.1 Å². The van der Waals surface area contributed by atoms with Crippen molar-refractivity contribution in [3.8, 4) is 0 Å². The van der Waals surface area contributed by atoms with Crippen molar-refractivity contribution in [2.24, 2.45) is 11.0 Å². The smallest absolute Gasteiger partial charge is 0.352 e. The lowest BCUT2D eigenvalue weighted by Gasteiger charge is -2.30. The molecule has 0 saturated heterocycles. The molecule has 1 unspecified atom stereocenters. The quantitative estimate of drug-likeness (QED) is 0.339. The molecule has 1 atom stereocenters. The number of ketones is 3. The lowest BCUT2D eigenvalue weighted by molar-refractivity contribution is -0.142. The predicted octanol–water partition coefficient (Wildman–Crippen LogP) is 4.35. The molecule has 0 amide bonds. The lowest BCUT2D eigenvalue weighted by Crippen LogP contribution is -2.47. The van der Waals surface area contributed by atoms with E-state index in [1.54, 1.807) is 0 Å². The van der Waals surface area contributed by atoms with Gasteiger partial charge in [0.2, 0.25) is 0 Å². The first kappa shape index (κ1) is 32.2. The van der Waals surface area contributed by atoms with Gasteiger partial charge in [-0.25, -0.2) is 23.0 Å². The molecule has 1 heterocycles. The van der Waals surface area contributed by atoms with Crippen LogP contribution in [0.4, 0.5) is 5.69 Å². The van der Waals surface area contributed by atoms with Gasteiger partial charge in [-0.15, -0.1) is 0 Å². The molecule has 0 spiro atoms. The van der Waals surface area contributed by atoms with E-state index >= 15 is 0 Å². The molecule has 11 nitrogen and oxygen atoms in total. The number of hydrogen-bond acceptors (Lipinski definition) is 9. The summed E-state index contributed by atoms with van der Waals surface area (Å²) in [6, 6.07) is 8.11. The van der Waals surface area contributed by atoms with Crippen LogP contribution >= 0.6 is 34.8 Å². The van der Waals surface area contributed by atoms with Gasteiger partial charge in [0.1, 0.15) is 11.6 Å². The van der Waals surface area contributed by atoms with Crippen LogP contribution in [0.5, 0.6) is 0 Å². The van der Waals surface area contributed by atoms with E-state index in [-0.39, 0.29) is 51.2 Å². The molecule has 218 valence electrons. The summed E-state index contributed by atoms with van der Waals surface area (Å²) in [5.41, 5.74) is -1.46. The molecule has 1 aliphatic carbocycles. The molecule has 2 aromatic carbocycles. The molecule has 0 aromatic heterocycles. The average molecular weight is 646 g/mol. The van der Waals surface area contributed by atoms with Crippen LogP contribution in [0.3, 0.4) is 0 Å². The number of carboxylic acids is 2. The molecule has 15 heteroatoms. The summed E-state index contributed by atoms with van der Waals surface area (Å²) in [6.07, 6.45) is 1.65. The Labute approximate surface area is 249 Å². The first-order chi connectivity index (χ1) is 19.0. The number of carbonyl (C=O) groups excluding carboxylic acids is 3. The third kappa shape index (κ3) is 6.95. The summed E-state index contributed by atoms with van der Waals surface area (Å²) >= 11 is 17.8. The molecule has 2 aliphatic rings. The molecule has 1 aliphatic heterocycles. The highest BCUT2D eigenvalue weighted by Gasteiger charge is 2.48. The zero-order valence-corrected chi connectivity index (χ0v) is 24.6. The Morgan fingerprint density at radius 2 is 1.59 bits per heavy atom. The highest BCUT2D eigenvalue weighted by Crippen LogP contribution is 2.38. The fourth-order valence-electron chi connectivity index (χ4n) is 4.20. The number of sulfone groups is 1. The zero-order chi connectivity index (χ0) is 30.9. The van der Waals surface area contributed by atoms with Crippen LogP contribution in [0, 0.1) is 5.92 Å². The van der Waals surface area contributed by atoms with Crippen LogP contribution < -0.4 is 5.01 Å². The topological polar surface area (TPSA) is 176 Å². The summed E-state index contributed by atoms with van der Waals surface area (Å²) in [5, 5.41) is 23.9. The maximum atomic E-state index is 12.3. The van der Waals surface area contributed by atoms with Gasteiger partial charge in [0.05, 0.1) is 20.6 Å². The molecule has 2 N–H and O–H groups in total. The number of carbonyl (C=O) groups is 5. The van der Waals surface area contributed by atoms with Crippen LogP contribution in [-0.2, 0) is 29.0 Å². The van der Waals surface area contributed by atoms with Crippen molar-refractivity contribution >= 4 is 85.3 Å². The van der Waals surface area contributed by atoms with Gasteiger partial charge in [-0.2, -0.15) is 5.10 Å². The largest absolute Gasteiger partial charge is 0.479 e. The summed E-state index contributed by atoms with van der Waals surface area (Å²) in [7, 11) is -3.44. The van der Waals surface area contributed by atoms with E-state index in [1.807, 2.05) is 0 Å². The third-order valence-corrected chi connectivity index (χ3v) is 8.39. The number of rotatable bonds is 6. The second-order valence-corrected chi connectivity index (χ2v) is 12.8. The molecule has 1 saturated carbocycles. The van der Waals surface area contributed by atoms with Crippen molar-refractivity contribution in [1.29, 1.82) is 0 Å². The number of halogens is 3. The minimum atomic E-state index is -3.44. The monoisotopic (exact) mass is 644 g/mol. The minimum Gasteiger partial charge on any atom is -0.479 e. The predicted molar refractivity (Wildman–Crippen MR) is 151 cm³/mol. The number of anilines is 1. The number of hydrazone groups is 1. The van der Waals surface area contributed by atoms with Gasteiger partial charge < -0.3 is 10.2 Å². The zero-order valence-electron chi connectivity index (χ0n) is 21.6. The number of hydrogen-bond donors (Lipinski definition) is 2.